The molecule has 1 fully saturated rings. The van der Waals surface area contributed by atoms with Gasteiger partial charge in [-0.3, -0.25) is 4.79 Å². The van der Waals surface area contributed by atoms with Crippen LogP contribution in [0.1, 0.15) is 78.1 Å². The van der Waals surface area contributed by atoms with Gasteiger partial charge in [-0.25, -0.2) is 0 Å². The lowest BCUT2D eigenvalue weighted by Crippen LogP contribution is -2.22. The van der Waals surface area contributed by atoms with Gasteiger partial charge in [0.2, 0.25) is 0 Å². The maximum atomic E-state index is 10.1. The summed E-state index contributed by atoms with van der Waals surface area (Å²) in [5, 5.41) is 8.32. The highest BCUT2D eigenvalue weighted by Gasteiger charge is 2.06. The van der Waals surface area contributed by atoms with Crippen molar-refractivity contribution in [2.75, 3.05) is 0 Å². The molecule has 18 heavy (non-hydrogen) atoms. The van der Waals surface area contributed by atoms with E-state index in [1.54, 1.807) is 0 Å². The Kier molecular flexibility index (Phi) is 11.2. The predicted molar refractivity (Wildman–Crippen MR) is 76.6 cm³/mol. The molecule has 0 aromatic heterocycles. The maximum Gasteiger partial charge on any atom is 0.303 e. The normalized spacial score (nSPS) is 16.2. The highest BCUT2D eigenvalue weighted by atomic mass is 16.4. The van der Waals surface area contributed by atoms with Crippen LogP contribution in [0.15, 0.2) is 0 Å². The van der Waals surface area contributed by atoms with Crippen molar-refractivity contribution in [3.05, 3.63) is 0 Å². The summed E-state index contributed by atoms with van der Waals surface area (Å²) in [6, 6.07) is 0.536. The lowest BCUT2D eigenvalue weighted by molar-refractivity contribution is -0.137. The summed E-state index contributed by atoms with van der Waals surface area (Å²) < 4.78 is 0. The SMILES string of the molecule is CC(C)CCCCCC(=O)O.NC1CCCCC1. The van der Waals surface area contributed by atoms with Crippen molar-refractivity contribution in [2.45, 2.75) is 84.1 Å². The van der Waals surface area contributed by atoms with Crippen LogP contribution in [-0.2, 0) is 4.79 Å². The standard InChI is InChI=1S/C9H18O2.C6H13N/c1-8(2)6-4-3-5-7-9(10)11;7-6-4-2-1-3-5-6/h8H,3-7H2,1-2H3,(H,10,11);6H,1-5,7H2. The third-order valence-electron chi connectivity index (χ3n) is 3.32. The van der Waals surface area contributed by atoms with Gasteiger partial charge in [0.1, 0.15) is 0 Å². The first-order valence-corrected chi connectivity index (χ1v) is 7.49. The van der Waals surface area contributed by atoms with Crippen LogP contribution in [-0.4, -0.2) is 17.1 Å². The number of aliphatic carboxylic acids is 1. The molecule has 108 valence electrons. The van der Waals surface area contributed by atoms with Gasteiger partial charge in [0.05, 0.1) is 0 Å². The average molecular weight is 257 g/mol. The molecule has 1 rings (SSSR count). The number of carbonyl (C=O) groups is 1. The largest absolute Gasteiger partial charge is 0.481 e. The summed E-state index contributed by atoms with van der Waals surface area (Å²) >= 11 is 0. The molecule has 0 unspecified atom stereocenters. The van der Waals surface area contributed by atoms with Gasteiger partial charge in [-0.2, -0.15) is 0 Å². The Balaban J connectivity index is 0.000000351. The maximum absolute atomic E-state index is 10.1. The zero-order chi connectivity index (χ0) is 13.8. The van der Waals surface area contributed by atoms with Gasteiger partial charge in [-0.15, -0.1) is 0 Å². The molecule has 3 heteroatoms. The number of unbranched alkanes of at least 4 members (excludes halogenated alkanes) is 2. The van der Waals surface area contributed by atoms with Gasteiger partial charge in [-0.05, 0) is 25.2 Å². The molecule has 3 N–H and O–H groups in total. The monoisotopic (exact) mass is 257 g/mol. The van der Waals surface area contributed by atoms with Crippen molar-refractivity contribution in [1.82, 2.24) is 0 Å². The van der Waals surface area contributed by atoms with E-state index in [9.17, 15) is 4.79 Å². The molecule has 0 bridgehead atoms. The Hall–Kier alpha value is -0.570. The Morgan fingerprint density at radius 2 is 1.78 bits per heavy atom. The molecule has 1 aliphatic rings. The highest BCUT2D eigenvalue weighted by Crippen LogP contribution is 2.14. The zero-order valence-electron chi connectivity index (χ0n) is 12.2. The first-order valence-electron chi connectivity index (χ1n) is 7.49. The molecule has 0 spiro atoms. The van der Waals surface area contributed by atoms with Gasteiger partial charge in [0.25, 0.3) is 0 Å². The summed E-state index contributed by atoms with van der Waals surface area (Å²) in [5.41, 5.74) is 5.63. The van der Waals surface area contributed by atoms with Crippen molar-refractivity contribution in [3.8, 4) is 0 Å². The minimum absolute atomic E-state index is 0.331. The molecule has 3 nitrogen and oxygen atoms in total. The second-order valence-corrected chi connectivity index (χ2v) is 5.79. The van der Waals surface area contributed by atoms with Crippen molar-refractivity contribution >= 4 is 5.97 Å². The molecule has 0 radical (unpaired) electrons. The van der Waals surface area contributed by atoms with Crippen LogP contribution in [0.25, 0.3) is 0 Å². The fourth-order valence-electron chi connectivity index (χ4n) is 2.14. The Morgan fingerprint density at radius 3 is 2.17 bits per heavy atom. The fraction of sp³-hybridized carbons (Fsp3) is 0.933. The summed E-state index contributed by atoms with van der Waals surface area (Å²) in [7, 11) is 0. The highest BCUT2D eigenvalue weighted by molar-refractivity contribution is 5.66. The van der Waals surface area contributed by atoms with Crippen LogP contribution in [0.4, 0.5) is 0 Å². The second kappa shape index (κ2) is 11.5. The Morgan fingerprint density at radius 1 is 1.17 bits per heavy atom. The number of carboxylic acids is 1. The summed E-state index contributed by atoms with van der Waals surface area (Å²) in [6.45, 7) is 4.38. The smallest absolute Gasteiger partial charge is 0.303 e. The van der Waals surface area contributed by atoms with Crippen LogP contribution >= 0.6 is 0 Å². The van der Waals surface area contributed by atoms with E-state index in [-0.39, 0.29) is 0 Å². The number of carboxylic acid groups (broad SMARTS) is 1. The lowest BCUT2D eigenvalue weighted by atomic mass is 9.97. The summed E-state index contributed by atoms with van der Waals surface area (Å²) in [5.74, 6) is 0.0781. The first kappa shape index (κ1) is 17.4. The van der Waals surface area contributed by atoms with Crippen molar-refractivity contribution in [1.29, 1.82) is 0 Å². The molecule has 1 aliphatic carbocycles. The van der Waals surface area contributed by atoms with Crippen LogP contribution in [0.3, 0.4) is 0 Å². The van der Waals surface area contributed by atoms with E-state index in [0.29, 0.717) is 12.5 Å². The number of nitrogens with two attached hydrogens (primary N) is 1. The molecular formula is C15H31NO2. The van der Waals surface area contributed by atoms with E-state index >= 15 is 0 Å². The molecule has 0 aromatic rings. The minimum Gasteiger partial charge on any atom is -0.481 e. The van der Waals surface area contributed by atoms with E-state index in [2.05, 4.69) is 13.8 Å². The van der Waals surface area contributed by atoms with Crippen LogP contribution in [0.5, 0.6) is 0 Å². The molecule has 0 heterocycles. The molecule has 0 atom stereocenters. The summed E-state index contributed by atoms with van der Waals surface area (Å²) in [4.78, 5) is 10.1. The molecular weight excluding hydrogens is 226 g/mol. The van der Waals surface area contributed by atoms with E-state index in [0.717, 1.165) is 18.8 Å². The second-order valence-electron chi connectivity index (χ2n) is 5.79. The van der Waals surface area contributed by atoms with Crippen molar-refractivity contribution in [2.24, 2.45) is 11.7 Å². The molecule has 0 amide bonds. The van der Waals surface area contributed by atoms with E-state index < -0.39 is 5.97 Å². The zero-order valence-corrected chi connectivity index (χ0v) is 12.2. The number of rotatable bonds is 6. The third kappa shape index (κ3) is 13.5. The first-order chi connectivity index (χ1) is 8.52. The molecule has 0 aliphatic heterocycles. The molecule has 0 saturated heterocycles. The van der Waals surface area contributed by atoms with Gasteiger partial charge in [0, 0.05) is 12.5 Å². The Bertz CT molecular complexity index is 199. The fourth-order valence-corrected chi connectivity index (χ4v) is 2.14. The topological polar surface area (TPSA) is 63.3 Å². The number of hydrogen-bond acceptors (Lipinski definition) is 2. The van der Waals surface area contributed by atoms with Crippen LogP contribution in [0, 0.1) is 5.92 Å². The van der Waals surface area contributed by atoms with Gasteiger partial charge >= 0.3 is 5.97 Å². The van der Waals surface area contributed by atoms with Gasteiger partial charge in [0.15, 0.2) is 0 Å². The Labute approximate surface area is 112 Å². The summed E-state index contributed by atoms with van der Waals surface area (Å²) in [6.07, 6.45) is 11.3. The predicted octanol–water partition coefficient (Wildman–Crippen LogP) is 3.96. The van der Waals surface area contributed by atoms with Gasteiger partial charge in [-0.1, -0.05) is 52.4 Å². The quantitative estimate of drug-likeness (QED) is 0.708. The van der Waals surface area contributed by atoms with Crippen LogP contribution < -0.4 is 5.73 Å². The van der Waals surface area contributed by atoms with Gasteiger partial charge < -0.3 is 10.8 Å². The van der Waals surface area contributed by atoms with E-state index in [1.165, 1.54) is 44.9 Å². The van der Waals surface area contributed by atoms with E-state index in [1.807, 2.05) is 0 Å². The third-order valence-corrected chi connectivity index (χ3v) is 3.32. The minimum atomic E-state index is -0.672. The average Bonchev–Trinajstić information content (AvgIpc) is 2.29. The van der Waals surface area contributed by atoms with E-state index in [4.69, 9.17) is 10.8 Å². The van der Waals surface area contributed by atoms with Crippen molar-refractivity contribution in [3.63, 3.8) is 0 Å². The van der Waals surface area contributed by atoms with Crippen molar-refractivity contribution < 1.29 is 9.90 Å². The van der Waals surface area contributed by atoms with Crippen LogP contribution in [0.2, 0.25) is 0 Å². The molecule has 1 saturated carbocycles. The molecule has 0 aromatic carbocycles. The number of hydrogen-bond donors (Lipinski definition) is 2. The lowest BCUT2D eigenvalue weighted by Gasteiger charge is -2.15.